The lowest BCUT2D eigenvalue weighted by Gasteiger charge is -2.26. The summed E-state index contributed by atoms with van der Waals surface area (Å²) in [5.41, 5.74) is -0.470. The third-order valence-electron chi connectivity index (χ3n) is 5.20. The smallest absolute Gasteiger partial charge is 0.417 e. The van der Waals surface area contributed by atoms with Gasteiger partial charge >= 0.3 is 12.1 Å². The summed E-state index contributed by atoms with van der Waals surface area (Å²) in [6.45, 7) is 2.28. The van der Waals surface area contributed by atoms with Gasteiger partial charge in [-0.25, -0.2) is 9.78 Å². The molecule has 0 radical (unpaired) electrons. The molecule has 0 saturated carbocycles. The van der Waals surface area contributed by atoms with E-state index >= 15 is 0 Å². The van der Waals surface area contributed by atoms with Gasteiger partial charge in [-0.05, 0) is 49.3 Å². The number of halogens is 3. The molecule has 1 aliphatic heterocycles. The number of thiophene rings is 2. The first-order chi connectivity index (χ1) is 14.8. The highest BCUT2D eigenvalue weighted by Crippen LogP contribution is 2.42. The number of ether oxygens (including phenoxy) is 1. The zero-order valence-electron chi connectivity index (χ0n) is 16.6. The summed E-state index contributed by atoms with van der Waals surface area (Å²) >= 11 is 2.14. The van der Waals surface area contributed by atoms with E-state index in [1.54, 1.807) is 22.4 Å². The molecule has 164 valence electrons. The summed E-state index contributed by atoms with van der Waals surface area (Å²) in [5, 5.41) is 1.66. The fraction of sp³-hybridized carbons (Fsp3) is 0.381. The van der Waals surface area contributed by atoms with Gasteiger partial charge in [0.2, 0.25) is 0 Å². The Hall–Kier alpha value is -2.46. The van der Waals surface area contributed by atoms with E-state index in [-0.39, 0.29) is 32.3 Å². The van der Waals surface area contributed by atoms with E-state index in [4.69, 9.17) is 4.74 Å². The second kappa shape index (κ2) is 8.58. The standard InChI is InChI=1S/C21H19F3N2O3S2/c1-12-17-13(21(22,23)24)10-14(15-6-5-9-30-15)25-19(17)31-18(12)20(28)29-11-16(27)26-7-3-2-4-8-26/h5-6,9-10H,2-4,7-8,11H2,1H3. The zero-order chi connectivity index (χ0) is 22.2. The number of amides is 1. The van der Waals surface area contributed by atoms with Crippen LogP contribution in [0, 0.1) is 6.92 Å². The summed E-state index contributed by atoms with van der Waals surface area (Å²) in [6.07, 6.45) is -1.72. The van der Waals surface area contributed by atoms with Gasteiger partial charge in [-0.15, -0.1) is 22.7 Å². The number of alkyl halides is 3. The van der Waals surface area contributed by atoms with Gasteiger partial charge in [-0.2, -0.15) is 13.2 Å². The zero-order valence-corrected chi connectivity index (χ0v) is 18.3. The Morgan fingerprint density at radius 3 is 2.61 bits per heavy atom. The van der Waals surface area contributed by atoms with E-state index < -0.39 is 24.3 Å². The molecule has 0 atom stereocenters. The Morgan fingerprint density at radius 1 is 1.23 bits per heavy atom. The van der Waals surface area contributed by atoms with Crippen molar-refractivity contribution < 1.29 is 27.5 Å². The van der Waals surface area contributed by atoms with E-state index in [9.17, 15) is 22.8 Å². The van der Waals surface area contributed by atoms with Crippen molar-refractivity contribution in [2.24, 2.45) is 0 Å². The van der Waals surface area contributed by atoms with Crippen LogP contribution in [-0.4, -0.2) is 41.5 Å². The average Bonchev–Trinajstić information content (AvgIpc) is 3.39. The lowest BCUT2D eigenvalue weighted by atomic mass is 10.1. The molecule has 0 aliphatic carbocycles. The van der Waals surface area contributed by atoms with Gasteiger partial charge < -0.3 is 9.64 Å². The number of fused-ring (bicyclic) bond motifs is 1. The van der Waals surface area contributed by atoms with Gasteiger partial charge in [0.25, 0.3) is 5.91 Å². The number of hydrogen-bond donors (Lipinski definition) is 0. The second-order valence-electron chi connectivity index (χ2n) is 7.28. The molecule has 0 bridgehead atoms. The number of aromatic nitrogens is 1. The van der Waals surface area contributed by atoms with Crippen molar-refractivity contribution >= 4 is 44.8 Å². The van der Waals surface area contributed by atoms with Crippen LogP contribution < -0.4 is 0 Å². The highest BCUT2D eigenvalue weighted by Gasteiger charge is 2.36. The van der Waals surface area contributed by atoms with E-state index in [1.807, 2.05) is 0 Å². The molecule has 4 rings (SSSR count). The van der Waals surface area contributed by atoms with Gasteiger partial charge in [0.15, 0.2) is 6.61 Å². The van der Waals surface area contributed by atoms with Crippen LogP contribution in [-0.2, 0) is 15.7 Å². The van der Waals surface area contributed by atoms with Crippen molar-refractivity contribution in [3.8, 4) is 10.6 Å². The number of hydrogen-bond acceptors (Lipinski definition) is 6. The molecule has 1 amide bonds. The maximum absolute atomic E-state index is 13.8. The van der Waals surface area contributed by atoms with Crippen molar-refractivity contribution in [2.75, 3.05) is 19.7 Å². The third-order valence-corrected chi connectivity index (χ3v) is 7.26. The normalized spacial score (nSPS) is 14.8. The molecule has 4 heterocycles. The van der Waals surface area contributed by atoms with Crippen molar-refractivity contribution in [3.05, 3.63) is 39.6 Å². The lowest BCUT2D eigenvalue weighted by molar-refractivity contribution is -0.136. The van der Waals surface area contributed by atoms with Crippen LogP contribution in [0.1, 0.15) is 40.1 Å². The monoisotopic (exact) mass is 468 g/mol. The maximum Gasteiger partial charge on any atom is 0.417 e. The van der Waals surface area contributed by atoms with E-state index in [2.05, 4.69) is 4.98 Å². The molecule has 3 aromatic rings. The van der Waals surface area contributed by atoms with Crippen molar-refractivity contribution in [1.29, 1.82) is 0 Å². The lowest BCUT2D eigenvalue weighted by Crippen LogP contribution is -2.38. The molecule has 1 saturated heterocycles. The molecule has 1 fully saturated rings. The molecule has 5 nitrogen and oxygen atoms in total. The molecular formula is C21H19F3N2O3S2. The van der Waals surface area contributed by atoms with Crippen LogP contribution in [0.3, 0.4) is 0 Å². The summed E-state index contributed by atoms with van der Waals surface area (Å²) in [5.74, 6) is -1.10. The topological polar surface area (TPSA) is 59.5 Å². The third kappa shape index (κ3) is 4.45. The number of pyridine rings is 1. The predicted octanol–water partition coefficient (Wildman–Crippen LogP) is 5.52. The Bertz CT molecular complexity index is 1120. The van der Waals surface area contributed by atoms with Crippen LogP contribution in [0.5, 0.6) is 0 Å². The number of rotatable bonds is 4. The number of carbonyl (C=O) groups is 2. The van der Waals surface area contributed by atoms with Gasteiger partial charge in [0.05, 0.1) is 16.1 Å². The molecule has 0 aromatic carbocycles. The van der Waals surface area contributed by atoms with Crippen molar-refractivity contribution in [2.45, 2.75) is 32.4 Å². The number of carbonyl (C=O) groups excluding carboxylic acids is 2. The van der Waals surface area contributed by atoms with Crippen LogP contribution in [0.25, 0.3) is 20.8 Å². The fourth-order valence-electron chi connectivity index (χ4n) is 3.64. The van der Waals surface area contributed by atoms with Gasteiger partial charge in [-0.3, -0.25) is 4.79 Å². The quantitative estimate of drug-likeness (QED) is 0.473. The fourth-order valence-corrected chi connectivity index (χ4v) is 5.43. The van der Waals surface area contributed by atoms with Crippen LogP contribution >= 0.6 is 22.7 Å². The molecule has 0 N–H and O–H groups in total. The number of aryl methyl sites for hydroxylation is 1. The summed E-state index contributed by atoms with van der Waals surface area (Å²) < 4.78 is 46.6. The van der Waals surface area contributed by atoms with E-state index in [0.717, 1.165) is 36.7 Å². The largest absolute Gasteiger partial charge is 0.451 e. The molecule has 31 heavy (non-hydrogen) atoms. The van der Waals surface area contributed by atoms with E-state index in [0.29, 0.717) is 18.0 Å². The summed E-state index contributed by atoms with van der Waals surface area (Å²) in [6, 6.07) is 4.45. The SMILES string of the molecule is Cc1c(C(=O)OCC(=O)N2CCCCC2)sc2nc(-c3cccs3)cc(C(F)(F)F)c12. The first-order valence-corrected chi connectivity index (χ1v) is 11.5. The van der Waals surface area contributed by atoms with Crippen LogP contribution in [0.15, 0.2) is 23.6 Å². The predicted molar refractivity (Wildman–Crippen MR) is 113 cm³/mol. The minimum absolute atomic E-state index is 0.0303. The van der Waals surface area contributed by atoms with Crippen LogP contribution in [0.2, 0.25) is 0 Å². The molecular weight excluding hydrogens is 449 g/mol. The van der Waals surface area contributed by atoms with Gasteiger partial charge in [0, 0.05) is 18.5 Å². The molecule has 1 aliphatic rings. The highest BCUT2D eigenvalue weighted by atomic mass is 32.1. The molecule has 10 heteroatoms. The Balaban J connectivity index is 1.64. The Kier molecular flexibility index (Phi) is 6.02. The second-order valence-corrected chi connectivity index (χ2v) is 9.23. The van der Waals surface area contributed by atoms with Crippen molar-refractivity contribution in [1.82, 2.24) is 9.88 Å². The minimum Gasteiger partial charge on any atom is -0.451 e. The Labute approximate surface area is 184 Å². The first-order valence-electron chi connectivity index (χ1n) is 9.76. The number of esters is 1. The number of nitrogens with zero attached hydrogens (tertiary/aromatic N) is 2. The van der Waals surface area contributed by atoms with Gasteiger partial charge in [-0.1, -0.05) is 6.07 Å². The van der Waals surface area contributed by atoms with Crippen molar-refractivity contribution in [3.63, 3.8) is 0 Å². The summed E-state index contributed by atoms with van der Waals surface area (Å²) in [4.78, 5) is 31.6. The number of likely N-dealkylation sites (tertiary alicyclic amines) is 1. The van der Waals surface area contributed by atoms with E-state index in [1.165, 1.54) is 18.3 Å². The average molecular weight is 469 g/mol. The minimum atomic E-state index is -4.61. The summed E-state index contributed by atoms with van der Waals surface area (Å²) in [7, 11) is 0. The highest BCUT2D eigenvalue weighted by molar-refractivity contribution is 7.20. The molecule has 3 aromatic heterocycles. The van der Waals surface area contributed by atoms with Crippen LogP contribution in [0.4, 0.5) is 13.2 Å². The number of piperidine rings is 1. The molecule has 0 spiro atoms. The maximum atomic E-state index is 13.8. The van der Waals surface area contributed by atoms with Gasteiger partial charge in [0.1, 0.15) is 9.71 Å². The molecule has 0 unspecified atom stereocenters. The Morgan fingerprint density at radius 2 is 1.97 bits per heavy atom. The first kappa shape index (κ1) is 21.8.